The summed E-state index contributed by atoms with van der Waals surface area (Å²) < 4.78 is 13.3. The molecule has 0 saturated heterocycles. The maximum absolute atomic E-state index is 13.3. The smallest absolute Gasteiger partial charge is 0.251 e. The molecule has 2 rings (SSSR count). The van der Waals surface area contributed by atoms with Crippen LogP contribution in [0.4, 0.5) is 4.39 Å². The quantitative estimate of drug-likeness (QED) is 0.927. The van der Waals surface area contributed by atoms with Crippen LogP contribution in [-0.4, -0.2) is 9.97 Å². The van der Waals surface area contributed by atoms with E-state index in [2.05, 4.69) is 9.97 Å². The summed E-state index contributed by atoms with van der Waals surface area (Å²) in [7, 11) is 0. The number of nitrogens with zero attached hydrogens (tertiary/aromatic N) is 1. The molecule has 0 saturated carbocycles. The number of benzene rings is 1. The third-order valence-electron chi connectivity index (χ3n) is 2.44. The molecule has 0 aliphatic heterocycles. The predicted molar refractivity (Wildman–Crippen MR) is 69.3 cm³/mol. The largest absolute Gasteiger partial charge is 0.311 e. The van der Waals surface area contributed by atoms with Gasteiger partial charge in [-0.05, 0) is 24.6 Å². The van der Waals surface area contributed by atoms with E-state index in [1.165, 1.54) is 18.2 Å². The lowest BCUT2D eigenvalue weighted by molar-refractivity contribution is 0.628. The zero-order valence-electron chi connectivity index (χ0n) is 9.84. The molecule has 0 amide bonds. The Morgan fingerprint density at radius 1 is 1.33 bits per heavy atom. The van der Waals surface area contributed by atoms with Crippen LogP contribution >= 0.6 is 11.6 Å². The molecule has 5 heteroatoms. The topological polar surface area (TPSA) is 45.8 Å². The van der Waals surface area contributed by atoms with Crippen LogP contribution in [0.25, 0.3) is 11.3 Å². The number of hydrogen-bond acceptors (Lipinski definition) is 2. The highest BCUT2D eigenvalue weighted by molar-refractivity contribution is 6.30. The van der Waals surface area contributed by atoms with Crippen LogP contribution in [0, 0.1) is 5.82 Å². The molecule has 0 atom stereocenters. The van der Waals surface area contributed by atoms with E-state index in [1.807, 2.05) is 6.92 Å². The molecule has 1 N–H and O–H groups in total. The first-order valence-electron chi connectivity index (χ1n) is 5.65. The lowest BCUT2D eigenvalue weighted by atomic mass is 10.1. The molecule has 0 aliphatic carbocycles. The summed E-state index contributed by atoms with van der Waals surface area (Å²) >= 11 is 5.79. The minimum absolute atomic E-state index is 0.246. The molecule has 0 unspecified atom stereocenters. The van der Waals surface area contributed by atoms with Crippen molar-refractivity contribution in [1.29, 1.82) is 0 Å². The second-order valence-corrected chi connectivity index (χ2v) is 4.42. The van der Waals surface area contributed by atoms with Crippen LogP contribution in [0.15, 0.2) is 29.1 Å². The first kappa shape index (κ1) is 12.8. The van der Waals surface area contributed by atoms with Crippen molar-refractivity contribution in [2.45, 2.75) is 19.8 Å². The highest BCUT2D eigenvalue weighted by atomic mass is 35.5. The van der Waals surface area contributed by atoms with Gasteiger partial charge in [-0.3, -0.25) is 4.79 Å². The average Bonchev–Trinajstić information content (AvgIpc) is 2.27. The lowest BCUT2D eigenvalue weighted by Gasteiger charge is -2.04. The van der Waals surface area contributed by atoms with Crippen molar-refractivity contribution in [3.8, 4) is 11.3 Å². The Labute approximate surface area is 109 Å². The summed E-state index contributed by atoms with van der Waals surface area (Å²) in [6, 6.07) is 5.45. The summed E-state index contributed by atoms with van der Waals surface area (Å²) in [6.45, 7) is 1.99. The fraction of sp³-hybridized carbons (Fsp3) is 0.231. The second kappa shape index (κ2) is 5.31. The van der Waals surface area contributed by atoms with Crippen molar-refractivity contribution in [1.82, 2.24) is 9.97 Å². The molecule has 0 fully saturated rings. The standard InChI is InChI=1S/C13H12ClFN2O/c1-2-3-12-16-11(7-13(18)17-12)8-4-9(14)6-10(15)5-8/h4-7H,2-3H2,1H3,(H,16,17,18). The van der Waals surface area contributed by atoms with E-state index in [-0.39, 0.29) is 10.6 Å². The Hall–Kier alpha value is -1.68. The van der Waals surface area contributed by atoms with Gasteiger partial charge >= 0.3 is 0 Å². The van der Waals surface area contributed by atoms with E-state index >= 15 is 0 Å². The average molecular weight is 267 g/mol. The van der Waals surface area contributed by atoms with E-state index in [0.717, 1.165) is 6.42 Å². The maximum atomic E-state index is 13.3. The van der Waals surface area contributed by atoms with Crippen LogP contribution in [0.1, 0.15) is 19.2 Å². The normalized spacial score (nSPS) is 10.6. The third-order valence-corrected chi connectivity index (χ3v) is 2.65. The van der Waals surface area contributed by atoms with Crippen LogP contribution in [0.2, 0.25) is 5.02 Å². The van der Waals surface area contributed by atoms with Crippen LogP contribution < -0.4 is 5.56 Å². The van der Waals surface area contributed by atoms with Gasteiger partial charge in [0.05, 0.1) is 5.69 Å². The molecule has 0 spiro atoms. The van der Waals surface area contributed by atoms with Gasteiger partial charge in [-0.1, -0.05) is 18.5 Å². The van der Waals surface area contributed by atoms with Crippen molar-refractivity contribution in [3.63, 3.8) is 0 Å². The van der Waals surface area contributed by atoms with Gasteiger partial charge < -0.3 is 4.98 Å². The minimum atomic E-state index is -0.448. The number of aromatic nitrogens is 2. The van der Waals surface area contributed by atoms with Crippen molar-refractivity contribution in [3.05, 3.63) is 51.3 Å². The molecular weight excluding hydrogens is 255 g/mol. The number of aryl methyl sites for hydroxylation is 1. The molecule has 94 valence electrons. The molecule has 2 aromatic rings. The first-order valence-corrected chi connectivity index (χ1v) is 6.03. The summed E-state index contributed by atoms with van der Waals surface area (Å²) in [6.07, 6.45) is 1.54. The number of halogens is 2. The van der Waals surface area contributed by atoms with Crippen LogP contribution in [0.5, 0.6) is 0 Å². The molecule has 1 heterocycles. The SMILES string of the molecule is CCCc1nc(-c2cc(F)cc(Cl)c2)cc(=O)[nH]1. The monoisotopic (exact) mass is 266 g/mol. The molecule has 18 heavy (non-hydrogen) atoms. The molecule has 3 nitrogen and oxygen atoms in total. The fourth-order valence-corrected chi connectivity index (χ4v) is 1.93. The summed E-state index contributed by atoms with van der Waals surface area (Å²) in [5, 5.41) is 0.282. The van der Waals surface area contributed by atoms with Gasteiger partial charge in [-0.2, -0.15) is 0 Å². The molecule has 1 aromatic carbocycles. The van der Waals surface area contributed by atoms with Gasteiger partial charge in [0.2, 0.25) is 0 Å². The predicted octanol–water partition coefficient (Wildman–Crippen LogP) is 3.18. The molecule has 0 radical (unpaired) electrons. The number of nitrogens with one attached hydrogen (secondary N) is 1. The zero-order chi connectivity index (χ0) is 13.1. The van der Waals surface area contributed by atoms with Crippen molar-refractivity contribution in [2.24, 2.45) is 0 Å². The van der Waals surface area contributed by atoms with E-state index in [4.69, 9.17) is 11.6 Å². The lowest BCUT2D eigenvalue weighted by Crippen LogP contribution is -2.11. The van der Waals surface area contributed by atoms with Gasteiger partial charge in [0.15, 0.2) is 0 Å². The summed E-state index contributed by atoms with van der Waals surface area (Å²) in [5.74, 6) is 0.150. The number of aromatic amines is 1. The molecule has 0 aliphatic rings. The van der Waals surface area contributed by atoms with Crippen LogP contribution in [-0.2, 0) is 6.42 Å². The minimum Gasteiger partial charge on any atom is -0.311 e. The molecule has 1 aromatic heterocycles. The van der Waals surface area contributed by atoms with Crippen LogP contribution in [0.3, 0.4) is 0 Å². The molecule has 0 bridgehead atoms. The number of rotatable bonds is 3. The van der Waals surface area contributed by atoms with E-state index in [1.54, 1.807) is 6.07 Å². The number of H-pyrrole nitrogens is 1. The maximum Gasteiger partial charge on any atom is 0.251 e. The second-order valence-electron chi connectivity index (χ2n) is 3.99. The van der Waals surface area contributed by atoms with E-state index in [9.17, 15) is 9.18 Å². The zero-order valence-corrected chi connectivity index (χ0v) is 10.6. The highest BCUT2D eigenvalue weighted by Crippen LogP contribution is 2.22. The van der Waals surface area contributed by atoms with E-state index < -0.39 is 5.82 Å². The molecular formula is C13H12ClFN2O. The van der Waals surface area contributed by atoms with Gasteiger partial charge in [0, 0.05) is 23.1 Å². The van der Waals surface area contributed by atoms with Crippen molar-refractivity contribution in [2.75, 3.05) is 0 Å². The highest BCUT2D eigenvalue weighted by Gasteiger charge is 2.06. The Kier molecular flexibility index (Phi) is 3.77. The van der Waals surface area contributed by atoms with E-state index in [0.29, 0.717) is 23.5 Å². The van der Waals surface area contributed by atoms with Gasteiger partial charge in [-0.15, -0.1) is 0 Å². The summed E-state index contributed by atoms with van der Waals surface area (Å²) in [4.78, 5) is 18.5. The Bertz CT molecular complexity index is 604. The number of hydrogen-bond donors (Lipinski definition) is 1. The van der Waals surface area contributed by atoms with Gasteiger partial charge in [0.25, 0.3) is 5.56 Å². The third kappa shape index (κ3) is 2.96. The summed E-state index contributed by atoms with van der Waals surface area (Å²) in [5.41, 5.74) is 0.691. The first-order chi connectivity index (χ1) is 8.58. The fourth-order valence-electron chi connectivity index (χ4n) is 1.71. The van der Waals surface area contributed by atoms with Crippen molar-refractivity contribution >= 4 is 11.6 Å². The Morgan fingerprint density at radius 2 is 2.11 bits per heavy atom. The van der Waals surface area contributed by atoms with Gasteiger partial charge in [-0.25, -0.2) is 9.37 Å². The van der Waals surface area contributed by atoms with Gasteiger partial charge in [0.1, 0.15) is 11.6 Å². The Morgan fingerprint density at radius 3 is 2.78 bits per heavy atom. The Balaban J connectivity index is 2.52. The van der Waals surface area contributed by atoms with Crippen molar-refractivity contribution < 1.29 is 4.39 Å².